The van der Waals surface area contributed by atoms with Gasteiger partial charge >= 0.3 is 0 Å². The van der Waals surface area contributed by atoms with Crippen molar-refractivity contribution >= 4 is 5.78 Å². The molecule has 3 saturated carbocycles. The number of Topliss-reactive ketones (excluding diaryl/α,β-unsaturated/α-hetero) is 1. The molecule has 232 valence electrons. The van der Waals surface area contributed by atoms with Crippen LogP contribution in [0.15, 0.2) is 0 Å². The van der Waals surface area contributed by atoms with E-state index in [0.29, 0.717) is 50.4 Å². The molecule has 7 N–H and O–H groups in total. The summed E-state index contributed by atoms with van der Waals surface area (Å²) in [5.41, 5.74) is 6.13. The van der Waals surface area contributed by atoms with Crippen molar-refractivity contribution in [1.29, 1.82) is 0 Å². The Morgan fingerprint density at radius 2 is 1.62 bits per heavy atom. The maximum Gasteiger partial charge on any atom is 0.139 e. The van der Waals surface area contributed by atoms with Gasteiger partial charge in [-0.3, -0.25) is 4.79 Å². The summed E-state index contributed by atoms with van der Waals surface area (Å²) in [5, 5.41) is 46.1. The molecule has 1 heterocycles. The quantitative estimate of drug-likeness (QED) is 0.208. The molecule has 1 aliphatic heterocycles. The van der Waals surface area contributed by atoms with E-state index in [9.17, 15) is 25.2 Å². The van der Waals surface area contributed by atoms with Crippen LogP contribution in [-0.2, 0) is 14.3 Å². The molecule has 0 radical (unpaired) electrons. The molecule has 4 fully saturated rings. The smallest absolute Gasteiger partial charge is 0.139 e. The number of nitrogens with one attached hydrogen (secondary N) is 1. The molecule has 0 amide bonds. The second kappa shape index (κ2) is 14.7. The lowest BCUT2D eigenvalue weighted by atomic mass is 9.58. The topological polar surface area (TPSA) is 154 Å². The van der Waals surface area contributed by atoms with Crippen molar-refractivity contribution < 1.29 is 34.7 Å². The predicted molar refractivity (Wildman–Crippen MR) is 152 cm³/mol. The molecule has 0 aromatic rings. The van der Waals surface area contributed by atoms with Crippen molar-refractivity contribution in [3.05, 3.63) is 0 Å². The highest BCUT2D eigenvalue weighted by atomic mass is 16.5. The first-order chi connectivity index (χ1) is 19.2. The van der Waals surface area contributed by atoms with Crippen LogP contribution < -0.4 is 11.1 Å². The number of nitrogens with two attached hydrogens (primary N) is 1. The summed E-state index contributed by atoms with van der Waals surface area (Å²) in [6.45, 7) is 0.841. The molecule has 11 unspecified atom stereocenters. The number of piperidine rings is 1. The molecule has 4 rings (SSSR count). The summed E-state index contributed by atoms with van der Waals surface area (Å²) in [5.74, 6) is 0.491. The van der Waals surface area contributed by atoms with E-state index < -0.39 is 36.4 Å². The van der Waals surface area contributed by atoms with E-state index >= 15 is 0 Å². The van der Waals surface area contributed by atoms with Gasteiger partial charge in [-0.1, -0.05) is 12.8 Å². The van der Waals surface area contributed by atoms with Crippen LogP contribution in [0.3, 0.4) is 0 Å². The van der Waals surface area contributed by atoms with E-state index in [1.807, 2.05) is 0 Å². The minimum Gasteiger partial charge on any atom is -0.392 e. The highest BCUT2D eigenvalue weighted by Crippen LogP contribution is 2.55. The average molecular weight is 569 g/mol. The van der Waals surface area contributed by atoms with Crippen molar-refractivity contribution in [3.8, 4) is 0 Å². The van der Waals surface area contributed by atoms with Crippen LogP contribution in [0.5, 0.6) is 0 Å². The predicted octanol–water partition coefficient (Wildman–Crippen LogP) is 2.26. The van der Waals surface area contributed by atoms with E-state index in [4.69, 9.17) is 15.2 Å². The number of carbonyl (C=O) groups excluding carboxylic acids is 1. The van der Waals surface area contributed by atoms with Crippen LogP contribution in [0.25, 0.3) is 0 Å². The molecule has 11 atom stereocenters. The lowest BCUT2D eigenvalue weighted by molar-refractivity contribution is -0.139. The fourth-order valence-corrected chi connectivity index (χ4v) is 8.95. The van der Waals surface area contributed by atoms with E-state index in [1.165, 1.54) is 0 Å². The minimum absolute atomic E-state index is 0.0788. The van der Waals surface area contributed by atoms with Crippen LogP contribution in [0.4, 0.5) is 0 Å². The second-order valence-corrected chi connectivity index (χ2v) is 13.5. The largest absolute Gasteiger partial charge is 0.392 e. The van der Waals surface area contributed by atoms with Gasteiger partial charge in [0.05, 0.1) is 36.7 Å². The Kier molecular flexibility index (Phi) is 11.8. The number of hydrogen-bond donors (Lipinski definition) is 6. The minimum atomic E-state index is -0.893. The molecule has 0 bridgehead atoms. The zero-order valence-electron chi connectivity index (χ0n) is 24.8. The zero-order chi connectivity index (χ0) is 28.9. The molecule has 9 nitrogen and oxygen atoms in total. The molecule has 0 aromatic carbocycles. The van der Waals surface area contributed by atoms with Gasteiger partial charge in [-0.2, -0.15) is 0 Å². The molecule has 40 heavy (non-hydrogen) atoms. The lowest BCUT2D eigenvalue weighted by Gasteiger charge is -2.48. The Balaban J connectivity index is 1.48. The summed E-state index contributed by atoms with van der Waals surface area (Å²) in [6, 6.07) is 0. The van der Waals surface area contributed by atoms with Crippen LogP contribution >= 0.6 is 0 Å². The van der Waals surface area contributed by atoms with Crippen LogP contribution in [0, 0.1) is 29.1 Å². The van der Waals surface area contributed by atoms with E-state index in [0.717, 1.165) is 64.3 Å². The van der Waals surface area contributed by atoms with Gasteiger partial charge in [-0.25, -0.2) is 0 Å². The highest BCUT2D eigenvalue weighted by Gasteiger charge is 2.53. The Hall–Kier alpha value is -0.650. The van der Waals surface area contributed by atoms with Crippen molar-refractivity contribution in [1.82, 2.24) is 5.32 Å². The zero-order valence-corrected chi connectivity index (χ0v) is 24.8. The Bertz CT molecular complexity index is 794. The Labute approximate surface area is 240 Å². The summed E-state index contributed by atoms with van der Waals surface area (Å²) in [7, 11) is 3.20. The third-order valence-corrected chi connectivity index (χ3v) is 11.2. The number of aliphatic hydroxyl groups excluding tert-OH is 4. The summed E-state index contributed by atoms with van der Waals surface area (Å²) in [6.07, 6.45) is 8.22. The summed E-state index contributed by atoms with van der Waals surface area (Å²) in [4.78, 5) is 14.2. The highest BCUT2D eigenvalue weighted by molar-refractivity contribution is 5.82. The van der Waals surface area contributed by atoms with Gasteiger partial charge in [0.2, 0.25) is 0 Å². The first-order valence-electron chi connectivity index (χ1n) is 16.0. The van der Waals surface area contributed by atoms with E-state index in [1.54, 1.807) is 14.2 Å². The first-order valence-corrected chi connectivity index (χ1v) is 16.0. The second-order valence-electron chi connectivity index (χ2n) is 13.5. The first kappa shape index (κ1) is 32.3. The van der Waals surface area contributed by atoms with Crippen molar-refractivity contribution in [2.24, 2.45) is 34.8 Å². The number of rotatable bonds is 12. The molecule has 0 spiro atoms. The summed E-state index contributed by atoms with van der Waals surface area (Å²) >= 11 is 0. The molecule has 3 aliphatic carbocycles. The van der Waals surface area contributed by atoms with Crippen molar-refractivity contribution in [2.75, 3.05) is 20.8 Å². The van der Waals surface area contributed by atoms with Gasteiger partial charge in [0.1, 0.15) is 11.9 Å². The molecule has 9 heteroatoms. The average Bonchev–Trinajstić information content (AvgIpc) is 3.44. The van der Waals surface area contributed by atoms with Gasteiger partial charge in [-0.05, 0) is 107 Å². The van der Waals surface area contributed by atoms with Gasteiger partial charge in [0.15, 0.2) is 0 Å². The monoisotopic (exact) mass is 568 g/mol. The van der Waals surface area contributed by atoms with Gasteiger partial charge in [0.25, 0.3) is 0 Å². The third kappa shape index (κ3) is 7.46. The third-order valence-electron chi connectivity index (χ3n) is 11.2. The number of hydrogen-bond acceptors (Lipinski definition) is 9. The van der Waals surface area contributed by atoms with Crippen molar-refractivity contribution in [3.63, 3.8) is 0 Å². The fraction of sp³-hybridized carbons (Fsp3) is 0.968. The number of ether oxygens (including phenoxy) is 2. The summed E-state index contributed by atoms with van der Waals surface area (Å²) < 4.78 is 10.9. The SMILES string of the molecule is COC1CC(CCC(O)C(C(=O)CCC2CC(O)C(O)C(OC)C2)C2(C3CCNC(N)C3)CCCC2)CCC1O. The Morgan fingerprint density at radius 3 is 2.30 bits per heavy atom. The molecule has 1 saturated heterocycles. The molecule has 4 aliphatic rings. The molecular weight excluding hydrogens is 512 g/mol. The molecule has 0 aromatic heterocycles. The van der Waals surface area contributed by atoms with Gasteiger partial charge in [0, 0.05) is 26.6 Å². The van der Waals surface area contributed by atoms with Crippen LogP contribution in [-0.4, -0.2) is 89.8 Å². The normalized spacial score (nSPS) is 40.0. The van der Waals surface area contributed by atoms with E-state index in [2.05, 4.69) is 5.32 Å². The standard InChI is InChI=1S/C31H56N2O7/c1-39-26-16-19(5-8-22(26)34)6-9-23(35)29(31(12-3-4-13-31)21-11-14-33-28(32)18-21)24(36)10-7-20-15-25(37)30(38)27(17-20)40-2/h19-23,25-30,33-35,37-38H,3-18,32H2,1-2H3. The maximum atomic E-state index is 14.2. The fourth-order valence-electron chi connectivity index (χ4n) is 8.95. The Morgan fingerprint density at radius 1 is 0.925 bits per heavy atom. The number of ketones is 1. The van der Waals surface area contributed by atoms with E-state index in [-0.39, 0.29) is 29.4 Å². The maximum absolute atomic E-state index is 14.2. The lowest BCUT2D eigenvalue weighted by Crippen LogP contribution is -2.53. The number of carbonyl (C=O) groups is 1. The van der Waals surface area contributed by atoms with Gasteiger partial charge in [-0.15, -0.1) is 0 Å². The van der Waals surface area contributed by atoms with Crippen LogP contribution in [0.1, 0.15) is 96.3 Å². The number of methoxy groups -OCH3 is 2. The van der Waals surface area contributed by atoms with Crippen molar-refractivity contribution in [2.45, 2.75) is 139 Å². The van der Waals surface area contributed by atoms with Gasteiger partial charge < -0.3 is 41.0 Å². The number of aliphatic hydroxyl groups is 4. The molecular formula is C31H56N2O7. The van der Waals surface area contributed by atoms with Crippen LogP contribution in [0.2, 0.25) is 0 Å².